The second kappa shape index (κ2) is 8.64. The topological polar surface area (TPSA) is 64.9 Å². The van der Waals surface area contributed by atoms with Gasteiger partial charge in [-0.2, -0.15) is 0 Å². The first-order valence-electron chi connectivity index (χ1n) is 9.00. The second-order valence-corrected chi connectivity index (χ2v) is 7.46. The van der Waals surface area contributed by atoms with E-state index in [0.717, 1.165) is 18.5 Å². The number of aliphatic hydroxyl groups is 1. The molecule has 2 aliphatic rings. The number of hydrogen-bond acceptors (Lipinski definition) is 6. The summed E-state index contributed by atoms with van der Waals surface area (Å²) in [7, 11) is 1.76. The Hall–Kier alpha value is -2.23. The second-order valence-electron chi connectivity index (χ2n) is 7.10. The van der Waals surface area contributed by atoms with E-state index in [1.807, 2.05) is 0 Å². The highest BCUT2D eigenvalue weighted by molar-refractivity contribution is 6.29. The van der Waals surface area contributed by atoms with Gasteiger partial charge >= 0.3 is 0 Å². The van der Waals surface area contributed by atoms with E-state index in [-0.39, 0.29) is 35.8 Å². The zero-order chi connectivity index (χ0) is 21.2. The molecule has 1 aromatic rings. The number of aromatic nitrogens is 2. The van der Waals surface area contributed by atoms with Gasteiger partial charge in [0.05, 0.1) is 12.2 Å². The smallest absolute Gasteiger partial charge is 0.181 e. The fourth-order valence-corrected chi connectivity index (χ4v) is 3.44. The molecule has 156 valence electrons. The summed E-state index contributed by atoms with van der Waals surface area (Å²) in [5, 5.41) is 14.7. The third-order valence-corrected chi connectivity index (χ3v) is 5.37. The van der Waals surface area contributed by atoms with Gasteiger partial charge in [0, 0.05) is 19.0 Å². The Morgan fingerprint density at radius 1 is 1.28 bits per heavy atom. The van der Waals surface area contributed by atoms with Crippen LogP contribution in [-0.4, -0.2) is 57.3 Å². The van der Waals surface area contributed by atoms with Crippen LogP contribution in [0.3, 0.4) is 0 Å². The summed E-state index contributed by atoms with van der Waals surface area (Å²) in [6, 6.07) is 0. The van der Waals surface area contributed by atoms with Gasteiger partial charge in [-0.05, 0) is 24.5 Å². The van der Waals surface area contributed by atoms with Crippen LogP contribution >= 0.6 is 11.6 Å². The van der Waals surface area contributed by atoms with Gasteiger partial charge in [0.1, 0.15) is 36.6 Å². The maximum Gasteiger partial charge on any atom is 0.181 e. The quantitative estimate of drug-likeness (QED) is 0.705. The maximum absolute atomic E-state index is 14.8. The zero-order valence-electron chi connectivity index (χ0n) is 16.0. The van der Waals surface area contributed by atoms with Crippen LogP contribution in [0, 0.1) is 11.7 Å². The Labute approximate surface area is 171 Å². The molecular formula is C19H21ClF3N5O. The molecule has 3 rings (SSSR count). The lowest BCUT2D eigenvalue weighted by Gasteiger charge is -2.40. The van der Waals surface area contributed by atoms with Crippen molar-refractivity contribution in [3.05, 3.63) is 58.4 Å². The Morgan fingerprint density at radius 2 is 2.03 bits per heavy atom. The maximum atomic E-state index is 14.8. The predicted molar refractivity (Wildman–Crippen MR) is 104 cm³/mol. The molecule has 0 spiro atoms. The van der Waals surface area contributed by atoms with Gasteiger partial charge in [0.25, 0.3) is 0 Å². The van der Waals surface area contributed by atoms with Crippen LogP contribution in [0.1, 0.15) is 19.0 Å². The number of rotatable bonds is 6. The van der Waals surface area contributed by atoms with Gasteiger partial charge < -0.3 is 5.11 Å². The molecule has 2 atom stereocenters. The van der Waals surface area contributed by atoms with Crippen LogP contribution in [-0.2, 0) is 6.42 Å². The van der Waals surface area contributed by atoms with E-state index >= 15 is 0 Å². The molecule has 29 heavy (non-hydrogen) atoms. The van der Waals surface area contributed by atoms with Crippen molar-refractivity contribution < 1.29 is 18.3 Å². The number of aliphatic imine (C=N–C) groups is 1. The third-order valence-electron chi connectivity index (χ3n) is 5.11. The van der Waals surface area contributed by atoms with Crippen LogP contribution < -0.4 is 0 Å². The van der Waals surface area contributed by atoms with Gasteiger partial charge in [-0.15, -0.1) is 0 Å². The summed E-state index contributed by atoms with van der Waals surface area (Å²) in [6.07, 6.45) is 5.81. The minimum absolute atomic E-state index is 0.000277. The molecule has 1 aliphatic heterocycles. The molecule has 0 amide bonds. The molecule has 0 saturated heterocycles. The SMILES string of the molecule is CC(Cc1ncnc(Cl)c1F)C(O)(CN1C=NCN1C)C1=CC=C(F)CC=C1F. The van der Waals surface area contributed by atoms with Crippen molar-refractivity contribution in [2.45, 2.75) is 25.4 Å². The minimum atomic E-state index is -1.81. The first kappa shape index (κ1) is 21.5. The van der Waals surface area contributed by atoms with Crippen molar-refractivity contribution in [3.63, 3.8) is 0 Å². The highest BCUT2D eigenvalue weighted by Gasteiger charge is 2.43. The Balaban J connectivity index is 2.00. The largest absolute Gasteiger partial charge is 0.383 e. The minimum Gasteiger partial charge on any atom is -0.383 e. The van der Waals surface area contributed by atoms with Gasteiger partial charge in [-0.25, -0.2) is 28.1 Å². The van der Waals surface area contributed by atoms with Crippen molar-refractivity contribution >= 4 is 17.9 Å². The summed E-state index contributed by atoms with van der Waals surface area (Å²) in [6.45, 7) is 1.95. The molecule has 0 aromatic carbocycles. The molecular weight excluding hydrogens is 407 g/mol. The van der Waals surface area contributed by atoms with E-state index in [4.69, 9.17) is 11.6 Å². The molecule has 0 radical (unpaired) electrons. The van der Waals surface area contributed by atoms with Crippen molar-refractivity contribution in [1.82, 2.24) is 20.0 Å². The van der Waals surface area contributed by atoms with Crippen molar-refractivity contribution in [2.24, 2.45) is 10.9 Å². The normalized spacial score (nSPS) is 20.7. The lowest BCUT2D eigenvalue weighted by atomic mass is 9.78. The fourth-order valence-electron chi connectivity index (χ4n) is 3.29. The monoisotopic (exact) mass is 427 g/mol. The first-order valence-corrected chi connectivity index (χ1v) is 9.38. The Kier molecular flexibility index (Phi) is 6.40. The molecule has 2 unspecified atom stereocenters. The lowest BCUT2D eigenvalue weighted by molar-refractivity contribution is -0.0347. The van der Waals surface area contributed by atoms with E-state index in [2.05, 4.69) is 15.0 Å². The summed E-state index contributed by atoms with van der Waals surface area (Å²) >= 11 is 5.73. The molecule has 10 heteroatoms. The lowest BCUT2D eigenvalue weighted by Crippen LogP contribution is -2.52. The molecule has 2 heterocycles. The number of halogens is 4. The van der Waals surface area contributed by atoms with E-state index in [1.54, 1.807) is 24.0 Å². The first-order chi connectivity index (χ1) is 13.7. The standard InChI is InChI=1S/C19H21ClF3N5O/c1-12(7-16-17(23)18(20)26-9-25-16)19(29,8-28-11-24-10-27(28)2)14-5-3-13(21)4-6-15(14)22/h3,5-6,9,11-12,29H,4,7-8,10H2,1-2H3. The summed E-state index contributed by atoms with van der Waals surface area (Å²) in [5.41, 5.74) is -1.90. The molecule has 1 N–H and O–H groups in total. The van der Waals surface area contributed by atoms with Gasteiger partial charge in [-0.3, -0.25) is 10.0 Å². The van der Waals surface area contributed by atoms with Crippen LogP contribution in [0.2, 0.25) is 5.15 Å². The van der Waals surface area contributed by atoms with Crippen LogP contribution in [0.15, 0.2) is 46.8 Å². The Bertz CT molecular complexity index is 904. The van der Waals surface area contributed by atoms with E-state index in [9.17, 15) is 18.3 Å². The van der Waals surface area contributed by atoms with Crippen LogP contribution in [0.25, 0.3) is 0 Å². The predicted octanol–water partition coefficient (Wildman–Crippen LogP) is 3.36. The Morgan fingerprint density at radius 3 is 2.72 bits per heavy atom. The number of hydrazine groups is 1. The van der Waals surface area contributed by atoms with E-state index in [0.29, 0.717) is 6.67 Å². The molecule has 0 bridgehead atoms. The third kappa shape index (κ3) is 4.52. The highest BCUT2D eigenvalue weighted by Crippen LogP contribution is 2.37. The average Bonchev–Trinajstić information content (AvgIpc) is 2.99. The van der Waals surface area contributed by atoms with Crippen LogP contribution in [0.4, 0.5) is 13.2 Å². The van der Waals surface area contributed by atoms with Crippen molar-refractivity contribution in [3.8, 4) is 0 Å². The van der Waals surface area contributed by atoms with Crippen LogP contribution in [0.5, 0.6) is 0 Å². The van der Waals surface area contributed by atoms with Gasteiger partial charge in [0.2, 0.25) is 0 Å². The summed E-state index contributed by atoms with van der Waals surface area (Å²) in [4.78, 5) is 11.6. The van der Waals surface area contributed by atoms with E-state index in [1.165, 1.54) is 12.4 Å². The molecule has 0 fully saturated rings. The average molecular weight is 428 g/mol. The van der Waals surface area contributed by atoms with Crippen molar-refractivity contribution in [1.29, 1.82) is 0 Å². The van der Waals surface area contributed by atoms with Gasteiger partial charge in [0.15, 0.2) is 11.0 Å². The summed E-state index contributed by atoms with van der Waals surface area (Å²) < 4.78 is 42.8. The molecule has 1 aliphatic carbocycles. The highest BCUT2D eigenvalue weighted by atomic mass is 35.5. The zero-order valence-corrected chi connectivity index (χ0v) is 16.7. The van der Waals surface area contributed by atoms with Gasteiger partial charge in [-0.1, -0.05) is 24.6 Å². The number of nitrogens with zero attached hydrogens (tertiary/aromatic N) is 5. The number of β-amino-alcohol motifs (C(OH)–C–C–N with tert-alkyl or cyclic N) is 1. The molecule has 0 saturated carbocycles. The molecule has 1 aromatic heterocycles. The molecule has 6 nitrogen and oxygen atoms in total. The van der Waals surface area contributed by atoms with Crippen molar-refractivity contribution in [2.75, 3.05) is 20.3 Å². The number of allylic oxidation sites excluding steroid dienone is 4. The van der Waals surface area contributed by atoms with E-state index < -0.39 is 29.0 Å². The fraction of sp³-hybridized carbons (Fsp3) is 0.421. The summed E-state index contributed by atoms with van der Waals surface area (Å²) in [5.74, 6) is -2.77. The number of hydrogen-bond donors (Lipinski definition) is 1.